The van der Waals surface area contributed by atoms with Gasteiger partial charge < -0.3 is 14.5 Å². The number of amides is 1. The van der Waals surface area contributed by atoms with E-state index in [1.165, 1.54) is 11.1 Å². The SMILES string of the molecule is O=C1CC(c2ccccc2)c2ccc(OCCCN3CCN(c4ccccc4Cl)CC3)cc2N1Cc1ccccc1. The number of rotatable bonds is 9. The molecule has 2 aliphatic rings. The van der Waals surface area contributed by atoms with Gasteiger partial charge in [0.25, 0.3) is 0 Å². The first kappa shape index (κ1) is 27.4. The molecule has 4 aromatic carbocycles. The Labute approximate surface area is 247 Å². The second-order valence-electron chi connectivity index (χ2n) is 10.8. The molecular weight excluding hydrogens is 530 g/mol. The van der Waals surface area contributed by atoms with Crippen LogP contribution in [-0.2, 0) is 11.3 Å². The van der Waals surface area contributed by atoms with Crippen molar-refractivity contribution >= 4 is 28.9 Å². The van der Waals surface area contributed by atoms with Gasteiger partial charge in [0.15, 0.2) is 0 Å². The summed E-state index contributed by atoms with van der Waals surface area (Å²) in [6.45, 7) is 6.17. The Bertz CT molecular complexity index is 1460. The fourth-order valence-corrected chi connectivity index (χ4v) is 6.25. The number of carbonyl (C=O) groups excluding carboxylic acids is 1. The van der Waals surface area contributed by atoms with Gasteiger partial charge in [-0.2, -0.15) is 0 Å². The van der Waals surface area contributed by atoms with Crippen molar-refractivity contribution in [2.75, 3.05) is 49.1 Å². The molecule has 2 heterocycles. The van der Waals surface area contributed by atoms with Crippen LogP contribution in [0, 0.1) is 0 Å². The number of halogens is 1. The molecule has 4 aromatic rings. The number of ether oxygens (including phenoxy) is 1. The van der Waals surface area contributed by atoms with Gasteiger partial charge in [-0.25, -0.2) is 0 Å². The molecule has 210 valence electrons. The van der Waals surface area contributed by atoms with Crippen molar-refractivity contribution in [1.82, 2.24) is 4.90 Å². The number of piperazine rings is 1. The molecule has 0 aliphatic carbocycles. The third-order valence-electron chi connectivity index (χ3n) is 8.19. The zero-order chi connectivity index (χ0) is 28.0. The number of fused-ring (bicyclic) bond motifs is 1. The summed E-state index contributed by atoms with van der Waals surface area (Å²) in [7, 11) is 0. The minimum atomic E-state index is 0.0456. The maximum Gasteiger partial charge on any atom is 0.228 e. The van der Waals surface area contributed by atoms with E-state index in [4.69, 9.17) is 16.3 Å². The molecule has 5 nitrogen and oxygen atoms in total. The number of anilines is 2. The molecular formula is C35H36ClN3O2. The lowest BCUT2D eigenvalue weighted by Crippen LogP contribution is -2.46. The van der Waals surface area contributed by atoms with Crippen LogP contribution in [0.25, 0.3) is 0 Å². The van der Waals surface area contributed by atoms with Gasteiger partial charge in [-0.3, -0.25) is 9.69 Å². The third kappa shape index (κ3) is 6.42. The van der Waals surface area contributed by atoms with Crippen LogP contribution in [0.5, 0.6) is 5.75 Å². The topological polar surface area (TPSA) is 36.0 Å². The average molecular weight is 566 g/mol. The van der Waals surface area contributed by atoms with Crippen LogP contribution in [0.15, 0.2) is 103 Å². The zero-order valence-corrected chi connectivity index (χ0v) is 24.0. The third-order valence-corrected chi connectivity index (χ3v) is 8.51. The first-order valence-electron chi connectivity index (χ1n) is 14.5. The minimum absolute atomic E-state index is 0.0456. The van der Waals surface area contributed by atoms with Crippen LogP contribution in [0.4, 0.5) is 11.4 Å². The molecule has 1 fully saturated rings. The van der Waals surface area contributed by atoms with E-state index in [0.717, 1.165) is 66.9 Å². The van der Waals surface area contributed by atoms with E-state index in [2.05, 4.69) is 58.3 Å². The lowest BCUT2D eigenvalue weighted by molar-refractivity contribution is -0.119. The molecule has 0 saturated carbocycles. The Hall–Kier alpha value is -3.80. The Balaban J connectivity index is 1.10. The fourth-order valence-electron chi connectivity index (χ4n) is 5.99. The van der Waals surface area contributed by atoms with Crippen LogP contribution < -0.4 is 14.5 Å². The number of nitrogens with zero attached hydrogens (tertiary/aromatic N) is 3. The van der Waals surface area contributed by atoms with Crippen molar-refractivity contribution in [2.24, 2.45) is 0 Å². The summed E-state index contributed by atoms with van der Waals surface area (Å²) in [5.74, 6) is 0.999. The summed E-state index contributed by atoms with van der Waals surface area (Å²) in [4.78, 5) is 20.3. The molecule has 0 spiro atoms. The maximum absolute atomic E-state index is 13.5. The summed E-state index contributed by atoms with van der Waals surface area (Å²) in [6.07, 6.45) is 1.41. The number of carbonyl (C=O) groups is 1. The largest absolute Gasteiger partial charge is 0.493 e. The molecule has 0 radical (unpaired) electrons. The second kappa shape index (κ2) is 12.8. The lowest BCUT2D eigenvalue weighted by atomic mass is 9.83. The molecule has 0 aromatic heterocycles. The van der Waals surface area contributed by atoms with Gasteiger partial charge in [0, 0.05) is 51.1 Å². The molecule has 41 heavy (non-hydrogen) atoms. The number of hydrogen-bond donors (Lipinski definition) is 0. The van der Waals surface area contributed by atoms with Gasteiger partial charge in [-0.15, -0.1) is 0 Å². The summed E-state index contributed by atoms with van der Waals surface area (Å²) in [6, 6.07) is 34.9. The Kier molecular flexibility index (Phi) is 8.54. The molecule has 2 aliphatic heterocycles. The standard InChI is InChI=1S/C35H36ClN3O2/c36-32-14-7-8-15-33(32)38-21-19-37(20-22-38)18-9-23-41-29-16-17-30-31(28-12-5-2-6-13-28)25-35(40)39(34(30)24-29)26-27-10-3-1-4-11-27/h1-8,10-17,24,31H,9,18-23,25-26H2. The molecule has 1 saturated heterocycles. The van der Waals surface area contributed by atoms with E-state index >= 15 is 0 Å². The van der Waals surface area contributed by atoms with Crippen LogP contribution in [0.2, 0.25) is 5.02 Å². The number of para-hydroxylation sites is 1. The van der Waals surface area contributed by atoms with Crippen molar-refractivity contribution in [3.8, 4) is 5.75 Å². The first-order valence-corrected chi connectivity index (χ1v) is 14.9. The van der Waals surface area contributed by atoms with Crippen LogP contribution >= 0.6 is 11.6 Å². The van der Waals surface area contributed by atoms with Gasteiger partial charge in [0.2, 0.25) is 5.91 Å². The summed E-state index contributed by atoms with van der Waals surface area (Å²) >= 11 is 6.40. The predicted molar refractivity (Wildman–Crippen MR) is 167 cm³/mol. The lowest BCUT2D eigenvalue weighted by Gasteiger charge is -2.36. The highest BCUT2D eigenvalue weighted by Crippen LogP contribution is 2.42. The monoisotopic (exact) mass is 565 g/mol. The highest BCUT2D eigenvalue weighted by atomic mass is 35.5. The molecule has 1 amide bonds. The van der Waals surface area contributed by atoms with E-state index in [9.17, 15) is 4.79 Å². The van der Waals surface area contributed by atoms with E-state index in [1.54, 1.807) is 0 Å². The van der Waals surface area contributed by atoms with Gasteiger partial charge >= 0.3 is 0 Å². The smallest absolute Gasteiger partial charge is 0.228 e. The second-order valence-corrected chi connectivity index (χ2v) is 11.2. The summed E-state index contributed by atoms with van der Waals surface area (Å²) < 4.78 is 6.25. The molecule has 0 N–H and O–H groups in total. The summed E-state index contributed by atoms with van der Waals surface area (Å²) in [5.41, 5.74) is 5.54. The van der Waals surface area contributed by atoms with Crippen LogP contribution in [0.3, 0.4) is 0 Å². The quantitative estimate of drug-likeness (QED) is 0.205. The highest BCUT2D eigenvalue weighted by molar-refractivity contribution is 6.33. The Morgan fingerprint density at radius 1 is 0.780 bits per heavy atom. The van der Waals surface area contributed by atoms with Crippen LogP contribution in [0.1, 0.15) is 35.4 Å². The fraction of sp³-hybridized carbons (Fsp3) is 0.286. The first-order chi connectivity index (χ1) is 20.2. The molecule has 0 bridgehead atoms. The van der Waals surface area contributed by atoms with Crippen molar-refractivity contribution in [3.63, 3.8) is 0 Å². The minimum Gasteiger partial charge on any atom is -0.493 e. The van der Waals surface area contributed by atoms with Gasteiger partial charge in [0.1, 0.15) is 5.75 Å². The van der Waals surface area contributed by atoms with E-state index in [-0.39, 0.29) is 11.8 Å². The highest BCUT2D eigenvalue weighted by Gasteiger charge is 2.32. The van der Waals surface area contributed by atoms with E-state index in [1.807, 2.05) is 59.5 Å². The maximum atomic E-state index is 13.5. The van der Waals surface area contributed by atoms with Crippen LogP contribution in [-0.4, -0.2) is 50.1 Å². The van der Waals surface area contributed by atoms with Gasteiger partial charge in [-0.05, 0) is 41.3 Å². The van der Waals surface area contributed by atoms with Crippen molar-refractivity contribution in [2.45, 2.75) is 25.3 Å². The molecule has 6 rings (SSSR count). The molecule has 6 heteroatoms. The van der Waals surface area contributed by atoms with E-state index < -0.39 is 0 Å². The van der Waals surface area contributed by atoms with Gasteiger partial charge in [-0.1, -0.05) is 90.5 Å². The zero-order valence-electron chi connectivity index (χ0n) is 23.3. The Morgan fingerprint density at radius 3 is 2.24 bits per heavy atom. The van der Waals surface area contributed by atoms with Crippen molar-refractivity contribution in [1.29, 1.82) is 0 Å². The Morgan fingerprint density at radius 2 is 1.49 bits per heavy atom. The van der Waals surface area contributed by atoms with Crippen molar-refractivity contribution < 1.29 is 9.53 Å². The molecule has 1 unspecified atom stereocenters. The van der Waals surface area contributed by atoms with Gasteiger partial charge in [0.05, 0.1) is 29.5 Å². The predicted octanol–water partition coefficient (Wildman–Crippen LogP) is 7.00. The average Bonchev–Trinajstić information content (AvgIpc) is 3.02. The number of hydrogen-bond acceptors (Lipinski definition) is 4. The summed E-state index contributed by atoms with van der Waals surface area (Å²) in [5, 5.41) is 0.818. The normalized spacial score (nSPS) is 17.4. The van der Waals surface area contributed by atoms with E-state index in [0.29, 0.717) is 19.6 Å². The molecule has 1 atom stereocenters. The number of benzene rings is 4. The van der Waals surface area contributed by atoms with Crippen molar-refractivity contribution in [3.05, 3.63) is 125 Å².